The fraction of sp³-hybridized carbons (Fsp3) is 0.562. The number of anilines is 1. The van der Waals surface area contributed by atoms with Crippen LogP contribution in [0.2, 0.25) is 5.02 Å². The Balaban J connectivity index is 2.79. The van der Waals surface area contributed by atoms with Gasteiger partial charge in [0.15, 0.2) is 0 Å². The number of carbonyl (C=O) groups excluding carboxylic acids is 1. The zero-order valence-corrected chi connectivity index (χ0v) is 13.8. The van der Waals surface area contributed by atoms with E-state index in [0.29, 0.717) is 22.5 Å². The number of amides is 1. The average molecular weight is 297 g/mol. The van der Waals surface area contributed by atoms with E-state index in [2.05, 4.69) is 26.1 Å². The minimum atomic E-state index is -0.0143. The van der Waals surface area contributed by atoms with Gasteiger partial charge in [0.25, 0.3) is 5.91 Å². The van der Waals surface area contributed by atoms with Crippen LogP contribution in [0.4, 0.5) is 5.69 Å². The molecule has 112 valence electrons. The van der Waals surface area contributed by atoms with Crippen molar-refractivity contribution in [3.05, 3.63) is 28.8 Å². The Morgan fingerprint density at radius 2 is 1.90 bits per heavy atom. The lowest BCUT2D eigenvalue weighted by molar-refractivity contribution is 0.0827. The molecular formula is C16H25ClN2O. The molecule has 0 saturated heterocycles. The van der Waals surface area contributed by atoms with Gasteiger partial charge >= 0.3 is 0 Å². The highest BCUT2D eigenvalue weighted by molar-refractivity contribution is 6.33. The quantitative estimate of drug-likeness (QED) is 0.850. The van der Waals surface area contributed by atoms with Crippen LogP contribution in [0.25, 0.3) is 0 Å². The van der Waals surface area contributed by atoms with E-state index in [1.165, 1.54) is 6.42 Å². The summed E-state index contributed by atoms with van der Waals surface area (Å²) >= 11 is 6.20. The van der Waals surface area contributed by atoms with Gasteiger partial charge in [-0.1, -0.05) is 25.4 Å². The summed E-state index contributed by atoms with van der Waals surface area (Å²) in [6.45, 7) is 6.57. The van der Waals surface area contributed by atoms with Gasteiger partial charge in [-0.15, -0.1) is 0 Å². The number of nitrogens with one attached hydrogen (secondary N) is 1. The lowest BCUT2D eigenvalue weighted by Gasteiger charge is -2.18. The van der Waals surface area contributed by atoms with Crippen LogP contribution in [0.1, 0.15) is 44.0 Å². The first-order chi connectivity index (χ1) is 9.31. The van der Waals surface area contributed by atoms with Crippen molar-refractivity contribution >= 4 is 23.2 Å². The molecule has 1 amide bonds. The van der Waals surface area contributed by atoms with E-state index < -0.39 is 0 Å². The molecule has 1 unspecified atom stereocenters. The molecule has 0 heterocycles. The lowest BCUT2D eigenvalue weighted by atomic mass is 10.0. The van der Waals surface area contributed by atoms with Crippen LogP contribution in [0.15, 0.2) is 18.2 Å². The molecule has 0 aliphatic carbocycles. The Morgan fingerprint density at radius 3 is 2.45 bits per heavy atom. The van der Waals surface area contributed by atoms with Gasteiger partial charge in [-0.3, -0.25) is 4.79 Å². The van der Waals surface area contributed by atoms with Crippen molar-refractivity contribution in [3.63, 3.8) is 0 Å². The Hall–Kier alpha value is -1.22. The van der Waals surface area contributed by atoms with E-state index in [1.54, 1.807) is 31.1 Å². The Labute approximate surface area is 127 Å². The molecule has 0 fully saturated rings. The van der Waals surface area contributed by atoms with Crippen molar-refractivity contribution in [1.82, 2.24) is 4.90 Å². The maximum atomic E-state index is 12.0. The maximum absolute atomic E-state index is 12.0. The third-order valence-corrected chi connectivity index (χ3v) is 3.53. The van der Waals surface area contributed by atoms with Crippen LogP contribution < -0.4 is 5.32 Å². The predicted octanol–water partition coefficient (Wildman–Crippen LogP) is 4.28. The Kier molecular flexibility index (Phi) is 6.34. The van der Waals surface area contributed by atoms with Crippen molar-refractivity contribution in [2.75, 3.05) is 19.4 Å². The summed E-state index contributed by atoms with van der Waals surface area (Å²) in [6.07, 6.45) is 2.25. The molecule has 3 nitrogen and oxygen atoms in total. The molecule has 0 aliphatic rings. The molecule has 0 radical (unpaired) electrons. The third kappa shape index (κ3) is 5.04. The fourth-order valence-corrected chi connectivity index (χ4v) is 2.12. The van der Waals surface area contributed by atoms with E-state index in [4.69, 9.17) is 11.6 Å². The normalized spacial score (nSPS) is 12.3. The van der Waals surface area contributed by atoms with Gasteiger partial charge < -0.3 is 10.2 Å². The van der Waals surface area contributed by atoms with Crippen LogP contribution >= 0.6 is 11.6 Å². The molecule has 0 aromatic heterocycles. The van der Waals surface area contributed by atoms with Crippen LogP contribution in [0.3, 0.4) is 0 Å². The van der Waals surface area contributed by atoms with Crippen molar-refractivity contribution < 1.29 is 4.79 Å². The Morgan fingerprint density at radius 1 is 1.25 bits per heavy atom. The summed E-state index contributed by atoms with van der Waals surface area (Å²) in [5.74, 6) is 0.677. The van der Waals surface area contributed by atoms with Crippen LogP contribution in [0, 0.1) is 5.92 Å². The monoisotopic (exact) mass is 296 g/mol. The zero-order chi connectivity index (χ0) is 15.3. The standard InChI is InChI=1S/C16H25ClN2O/c1-11(2)6-7-12(3)18-15-10-13(8-9-14(15)17)16(20)19(4)5/h8-12,18H,6-7H2,1-5H3. The minimum Gasteiger partial charge on any atom is -0.381 e. The van der Waals surface area contributed by atoms with Crippen LogP contribution in [-0.4, -0.2) is 30.9 Å². The highest BCUT2D eigenvalue weighted by Crippen LogP contribution is 2.25. The fourth-order valence-electron chi connectivity index (χ4n) is 1.95. The number of hydrogen-bond donors (Lipinski definition) is 1. The van der Waals surface area contributed by atoms with E-state index in [1.807, 2.05) is 6.07 Å². The Bertz CT molecular complexity index is 458. The lowest BCUT2D eigenvalue weighted by Crippen LogP contribution is -2.22. The van der Waals surface area contributed by atoms with Crippen LogP contribution in [-0.2, 0) is 0 Å². The number of benzene rings is 1. The summed E-state index contributed by atoms with van der Waals surface area (Å²) in [5.41, 5.74) is 1.48. The first-order valence-electron chi connectivity index (χ1n) is 7.09. The van der Waals surface area contributed by atoms with Gasteiger partial charge in [0.2, 0.25) is 0 Å². The summed E-state index contributed by atoms with van der Waals surface area (Å²) < 4.78 is 0. The minimum absolute atomic E-state index is 0.0143. The molecule has 1 atom stereocenters. The maximum Gasteiger partial charge on any atom is 0.253 e. The van der Waals surface area contributed by atoms with Crippen LogP contribution in [0.5, 0.6) is 0 Å². The molecule has 1 aromatic rings. The SMILES string of the molecule is CC(C)CCC(C)Nc1cc(C(=O)N(C)C)ccc1Cl. The summed E-state index contributed by atoms with van der Waals surface area (Å²) in [6, 6.07) is 5.70. The molecule has 1 aromatic carbocycles. The van der Waals surface area contributed by atoms with Gasteiger partial charge in [-0.2, -0.15) is 0 Å². The first kappa shape index (κ1) is 16.8. The van der Waals surface area contributed by atoms with E-state index in [0.717, 1.165) is 12.1 Å². The van der Waals surface area contributed by atoms with Crippen molar-refractivity contribution in [3.8, 4) is 0 Å². The van der Waals surface area contributed by atoms with E-state index in [-0.39, 0.29) is 5.91 Å². The van der Waals surface area contributed by atoms with Gasteiger partial charge in [-0.25, -0.2) is 0 Å². The molecule has 4 heteroatoms. The van der Waals surface area contributed by atoms with Gasteiger partial charge in [0.05, 0.1) is 10.7 Å². The first-order valence-corrected chi connectivity index (χ1v) is 7.46. The van der Waals surface area contributed by atoms with Gasteiger partial charge in [0, 0.05) is 25.7 Å². The average Bonchev–Trinajstić information content (AvgIpc) is 2.38. The molecule has 0 aliphatic heterocycles. The van der Waals surface area contributed by atoms with E-state index >= 15 is 0 Å². The molecule has 0 spiro atoms. The van der Waals surface area contributed by atoms with Crippen molar-refractivity contribution in [1.29, 1.82) is 0 Å². The summed E-state index contributed by atoms with van der Waals surface area (Å²) in [4.78, 5) is 13.5. The molecule has 0 bridgehead atoms. The smallest absolute Gasteiger partial charge is 0.253 e. The molecular weight excluding hydrogens is 272 g/mol. The number of halogens is 1. The second-order valence-electron chi connectivity index (χ2n) is 5.91. The van der Waals surface area contributed by atoms with E-state index in [9.17, 15) is 4.79 Å². The topological polar surface area (TPSA) is 32.3 Å². The second-order valence-corrected chi connectivity index (χ2v) is 6.32. The molecule has 20 heavy (non-hydrogen) atoms. The zero-order valence-electron chi connectivity index (χ0n) is 13.0. The molecule has 0 saturated carbocycles. The predicted molar refractivity (Wildman–Crippen MR) is 86.6 cm³/mol. The molecule has 1 rings (SSSR count). The summed E-state index contributed by atoms with van der Waals surface area (Å²) in [7, 11) is 3.49. The summed E-state index contributed by atoms with van der Waals surface area (Å²) in [5, 5.41) is 4.05. The number of nitrogens with zero attached hydrogens (tertiary/aromatic N) is 1. The number of hydrogen-bond acceptors (Lipinski definition) is 2. The third-order valence-electron chi connectivity index (χ3n) is 3.20. The highest BCUT2D eigenvalue weighted by Gasteiger charge is 2.12. The largest absolute Gasteiger partial charge is 0.381 e. The molecule has 1 N–H and O–H groups in total. The van der Waals surface area contributed by atoms with Gasteiger partial charge in [0.1, 0.15) is 0 Å². The second kappa shape index (κ2) is 7.53. The highest BCUT2D eigenvalue weighted by atomic mass is 35.5. The van der Waals surface area contributed by atoms with Crippen molar-refractivity contribution in [2.45, 2.75) is 39.7 Å². The number of rotatable bonds is 6. The van der Waals surface area contributed by atoms with Crippen molar-refractivity contribution in [2.24, 2.45) is 5.92 Å². The number of carbonyl (C=O) groups is 1. The van der Waals surface area contributed by atoms with Gasteiger partial charge in [-0.05, 0) is 43.9 Å².